The Morgan fingerprint density at radius 2 is 2.10 bits per heavy atom. The molecule has 2 aromatic rings. The summed E-state index contributed by atoms with van der Waals surface area (Å²) >= 11 is 7.46. The predicted molar refractivity (Wildman–Crippen MR) is 77.9 cm³/mol. The molecule has 1 aliphatic heterocycles. The fourth-order valence-corrected chi connectivity index (χ4v) is 3.89. The van der Waals surface area contributed by atoms with Crippen molar-refractivity contribution in [3.8, 4) is 0 Å². The van der Waals surface area contributed by atoms with Crippen LogP contribution in [0.3, 0.4) is 0 Å². The molecule has 1 N–H and O–H groups in total. The van der Waals surface area contributed by atoms with Crippen LogP contribution >= 0.6 is 22.9 Å². The number of fused-ring (bicyclic) bond motifs is 1. The van der Waals surface area contributed by atoms with E-state index >= 15 is 0 Å². The first-order valence-electron chi connectivity index (χ1n) is 6.41. The van der Waals surface area contributed by atoms with Crippen LogP contribution in [0.4, 0.5) is 4.39 Å². The maximum Gasteiger partial charge on any atom is 0.265 e. The second-order valence-corrected chi connectivity index (χ2v) is 6.34. The molecule has 20 heavy (non-hydrogen) atoms. The van der Waals surface area contributed by atoms with E-state index in [4.69, 9.17) is 11.6 Å². The van der Waals surface area contributed by atoms with Crippen molar-refractivity contribution < 1.29 is 14.3 Å². The monoisotopic (exact) mass is 313 g/mol. The number of amides is 1. The van der Waals surface area contributed by atoms with E-state index in [-0.39, 0.29) is 17.8 Å². The topological polar surface area (TPSA) is 40.5 Å². The molecule has 3 rings (SSSR count). The van der Waals surface area contributed by atoms with Gasteiger partial charge in [-0.1, -0.05) is 11.6 Å². The van der Waals surface area contributed by atoms with Gasteiger partial charge in [-0.2, -0.15) is 0 Å². The van der Waals surface area contributed by atoms with Gasteiger partial charge in [-0.15, -0.1) is 11.3 Å². The lowest BCUT2D eigenvalue weighted by molar-refractivity contribution is 0.0551. The standard InChI is InChI=1S/C14H13ClFNO2S/c15-12-10-2-1-8(16)7-11(10)20-13(12)14(19)17-5-3-9(18)4-6-17/h1-2,7,9,18H,3-6H2. The van der Waals surface area contributed by atoms with Crippen molar-refractivity contribution >= 4 is 38.9 Å². The van der Waals surface area contributed by atoms with Crippen molar-refractivity contribution in [3.05, 3.63) is 33.9 Å². The average Bonchev–Trinajstić information content (AvgIpc) is 2.75. The SMILES string of the molecule is O=C(c1sc2cc(F)ccc2c1Cl)N1CCC(O)CC1. The molecule has 1 aromatic carbocycles. The van der Waals surface area contributed by atoms with Crippen molar-refractivity contribution in [1.29, 1.82) is 0 Å². The normalized spacial score (nSPS) is 16.9. The molecule has 1 aromatic heterocycles. The predicted octanol–water partition coefficient (Wildman–Crippen LogP) is 3.29. The summed E-state index contributed by atoms with van der Waals surface area (Å²) in [6.45, 7) is 1.05. The molecular formula is C14H13ClFNO2S. The molecule has 0 radical (unpaired) electrons. The van der Waals surface area contributed by atoms with Gasteiger partial charge in [0.2, 0.25) is 0 Å². The van der Waals surface area contributed by atoms with Crippen molar-refractivity contribution in [1.82, 2.24) is 4.90 Å². The minimum Gasteiger partial charge on any atom is -0.393 e. The molecular weight excluding hydrogens is 301 g/mol. The molecule has 1 fully saturated rings. The molecule has 0 saturated carbocycles. The van der Waals surface area contributed by atoms with Crippen LogP contribution < -0.4 is 0 Å². The summed E-state index contributed by atoms with van der Waals surface area (Å²) in [5.41, 5.74) is 0. The van der Waals surface area contributed by atoms with Crippen LogP contribution in [0.1, 0.15) is 22.5 Å². The highest BCUT2D eigenvalue weighted by molar-refractivity contribution is 7.21. The fraction of sp³-hybridized carbons (Fsp3) is 0.357. The number of nitrogens with zero attached hydrogens (tertiary/aromatic N) is 1. The van der Waals surface area contributed by atoms with E-state index in [2.05, 4.69) is 0 Å². The van der Waals surface area contributed by atoms with Crippen LogP contribution in [-0.4, -0.2) is 35.1 Å². The summed E-state index contributed by atoms with van der Waals surface area (Å²) in [5.74, 6) is -0.473. The van der Waals surface area contributed by atoms with Gasteiger partial charge in [0, 0.05) is 23.2 Å². The Morgan fingerprint density at radius 3 is 2.80 bits per heavy atom. The number of hydrogen-bond donors (Lipinski definition) is 1. The van der Waals surface area contributed by atoms with Crippen molar-refractivity contribution in [2.24, 2.45) is 0 Å². The minimum absolute atomic E-state index is 0.136. The van der Waals surface area contributed by atoms with E-state index in [0.717, 1.165) is 0 Å². The summed E-state index contributed by atoms with van der Waals surface area (Å²) in [4.78, 5) is 14.6. The third kappa shape index (κ3) is 2.41. The van der Waals surface area contributed by atoms with Gasteiger partial charge in [-0.3, -0.25) is 4.79 Å². The first kappa shape index (κ1) is 13.8. The van der Waals surface area contributed by atoms with Gasteiger partial charge in [0.15, 0.2) is 0 Å². The lowest BCUT2D eigenvalue weighted by Gasteiger charge is -2.29. The molecule has 0 unspecified atom stereocenters. The number of carbonyl (C=O) groups excluding carboxylic acids is 1. The second-order valence-electron chi connectivity index (χ2n) is 4.91. The van der Waals surface area contributed by atoms with Crippen LogP contribution in [0.5, 0.6) is 0 Å². The Morgan fingerprint density at radius 1 is 1.40 bits per heavy atom. The summed E-state index contributed by atoms with van der Waals surface area (Å²) in [6, 6.07) is 4.33. The molecule has 0 aliphatic carbocycles. The van der Waals surface area contributed by atoms with E-state index in [0.29, 0.717) is 45.9 Å². The number of aliphatic hydroxyl groups is 1. The summed E-state index contributed by atoms with van der Waals surface area (Å²) in [6.07, 6.45) is 0.845. The molecule has 0 bridgehead atoms. The molecule has 1 aliphatic rings. The molecule has 106 valence electrons. The summed E-state index contributed by atoms with van der Waals surface area (Å²) in [7, 11) is 0. The third-order valence-corrected chi connectivity index (χ3v) is 5.18. The Labute approximate surface area is 124 Å². The summed E-state index contributed by atoms with van der Waals surface area (Å²) in [5, 5.41) is 10.6. The highest BCUT2D eigenvalue weighted by atomic mass is 35.5. The largest absolute Gasteiger partial charge is 0.393 e. The van der Waals surface area contributed by atoms with E-state index in [1.165, 1.54) is 23.5 Å². The summed E-state index contributed by atoms with van der Waals surface area (Å²) < 4.78 is 13.9. The number of piperidine rings is 1. The van der Waals surface area contributed by atoms with Gasteiger partial charge < -0.3 is 10.0 Å². The number of hydrogen-bond acceptors (Lipinski definition) is 3. The molecule has 1 amide bonds. The third-order valence-electron chi connectivity index (χ3n) is 3.54. The first-order chi connectivity index (χ1) is 9.56. The van der Waals surface area contributed by atoms with E-state index in [1.54, 1.807) is 11.0 Å². The van der Waals surface area contributed by atoms with E-state index in [9.17, 15) is 14.3 Å². The van der Waals surface area contributed by atoms with E-state index < -0.39 is 0 Å². The Kier molecular flexibility index (Phi) is 3.67. The molecule has 2 heterocycles. The van der Waals surface area contributed by atoms with Crippen LogP contribution in [-0.2, 0) is 0 Å². The quantitative estimate of drug-likeness (QED) is 0.877. The van der Waals surface area contributed by atoms with Crippen LogP contribution in [0, 0.1) is 5.82 Å². The fourth-order valence-electron chi connectivity index (χ4n) is 2.39. The van der Waals surface area contributed by atoms with Crippen LogP contribution in [0.15, 0.2) is 18.2 Å². The molecule has 6 heteroatoms. The zero-order chi connectivity index (χ0) is 14.3. The number of thiophene rings is 1. The van der Waals surface area contributed by atoms with Gasteiger partial charge in [0.05, 0.1) is 11.1 Å². The van der Waals surface area contributed by atoms with Gasteiger partial charge in [-0.05, 0) is 31.0 Å². The number of aliphatic hydroxyl groups excluding tert-OH is 1. The zero-order valence-corrected chi connectivity index (χ0v) is 12.2. The molecule has 0 atom stereocenters. The second kappa shape index (κ2) is 5.31. The number of carbonyl (C=O) groups is 1. The van der Waals surface area contributed by atoms with Gasteiger partial charge >= 0.3 is 0 Å². The minimum atomic E-state index is -0.337. The Bertz CT molecular complexity index is 664. The Balaban J connectivity index is 1.93. The first-order valence-corrected chi connectivity index (χ1v) is 7.60. The van der Waals surface area contributed by atoms with Gasteiger partial charge in [0.1, 0.15) is 10.7 Å². The molecule has 1 saturated heterocycles. The highest BCUT2D eigenvalue weighted by Crippen LogP contribution is 2.36. The van der Waals surface area contributed by atoms with Crippen molar-refractivity contribution in [3.63, 3.8) is 0 Å². The van der Waals surface area contributed by atoms with Crippen molar-refractivity contribution in [2.45, 2.75) is 18.9 Å². The molecule has 0 spiro atoms. The lowest BCUT2D eigenvalue weighted by atomic mass is 10.1. The van der Waals surface area contributed by atoms with Crippen LogP contribution in [0.2, 0.25) is 5.02 Å². The van der Waals surface area contributed by atoms with Gasteiger partial charge in [-0.25, -0.2) is 4.39 Å². The Hall–Kier alpha value is -1.17. The zero-order valence-electron chi connectivity index (χ0n) is 10.6. The number of rotatable bonds is 1. The smallest absolute Gasteiger partial charge is 0.265 e. The number of likely N-dealkylation sites (tertiary alicyclic amines) is 1. The number of benzene rings is 1. The molecule has 3 nitrogen and oxygen atoms in total. The van der Waals surface area contributed by atoms with Crippen molar-refractivity contribution in [2.75, 3.05) is 13.1 Å². The van der Waals surface area contributed by atoms with Gasteiger partial charge in [0.25, 0.3) is 5.91 Å². The van der Waals surface area contributed by atoms with Crippen LogP contribution in [0.25, 0.3) is 10.1 Å². The lowest BCUT2D eigenvalue weighted by Crippen LogP contribution is -2.39. The average molecular weight is 314 g/mol. The number of halogens is 2. The highest BCUT2D eigenvalue weighted by Gasteiger charge is 2.26. The maximum atomic E-state index is 13.2. The van der Waals surface area contributed by atoms with E-state index in [1.807, 2.05) is 0 Å². The maximum absolute atomic E-state index is 13.2.